The van der Waals surface area contributed by atoms with Crippen molar-refractivity contribution in [3.8, 4) is 0 Å². The maximum absolute atomic E-state index is 12.1. The highest BCUT2D eigenvalue weighted by atomic mass is 16.4. The number of carbonyl (C=O) groups excluding carboxylic acids is 1. The summed E-state index contributed by atoms with van der Waals surface area (Å²) >= 11 is 0. The summed E-state index contributed by atoms with van der Waals surface area (Å²) < 4.78 is 0. The van der Waals surface area contributed by atoms with Crippen molar-refractivity contribution >= 4 is 17.6 Å². The second kappa shape index (κ2) is 5.43. The predicted octanol–water partition coefficient (Wildman–Crippen LogP) is 2.25. The van der Waals surface area contributed by atoms with Crippen LogP contribution in [0.15, 0.2) is 18.2 Å². The molecule has 1 atom stereocenters. The van der Waals surface area contributed by atoms with Gasteiger partial charge in [0.2, 0.25) is 5.91 Å². The molecule has 1 aliphatic heterocycles. The van der Waals surface area contributed by atoms with Crippen LogP contribution < -0.4 is 4.90 Å². The van der Waals surface area contributed by atoms with Gasteiger partial charge in [0.25, 0.3) is 0 Å². The van der Waals surface area contributed by atoms with Crippen molar-refractivity contribution < 1.29 is 14.7 Å². The fraction of sp³-hybridized carbons (Fsp3) is 0.467. The Hall–Kier alpha value is -1.84. The van der Waals surface area contributed by atoms with E-state index in [9.17, 15) is 9.59 Å². The van der Waals surface area contributed by atoms with Crippen LogP contribution in [-0.2, 0) is 22.4 Å². The van der Waals surface area contributed by atoms with Gasteiger partial charge in [-0.25, -0.2) is 0 Å². The number of anilines is 1. The normalized spacial score (nSPS) is 18.9. The van der Waals surface area contributed by atoms with Gasteiger partial charge < -0.3 is 10.0 Å². The molecule has 1 aromatic carbocycles. The Morgan fingerprint density at radius 3 is 2.32 bits per heavy atom. The van der Waals surface area contributed by atoms with Gasteiger partial charge in [-0.2, -0.15) is 0 Å². The summed E-state index contributed by atoms with van der Waals surface area (Å²) in [7, 11) is 0. The van der Waals surface area contributed by atoms with Gasteiger partial charge in [0.1, 0.15) is 0 Å². The molecule has 0 spiro atoms. The first-order chi connectivity index (χ1) is 9.08. The van der Waals surface area contributed by atoms with Crippen molar-refractivity contribution in [2.24, 2.45) is 5.92 Å². The lowest BCUT2D eigenvalue weighted by atomic mass is 10.0. The van der Waals surface area contributed by atoms with Crippen LogP contribution >= 0.6 is 0 Å². The molecule has 0 bridgehead atoms. The molecule has 19 heavy (non-hydrogen) atoms. The summed E-state index contributed by atoms with van der Waals surface area (Å²) in [6.07, 6.45) is 1.78. The smallest absolute Gasteiger partial charge is 0.308 e. The van der Waals surface area contributed by atoms with Crippen LogP contribution in [-0.4, -0.2) is 23.5 Å². The van der Waals surface area contributed by atoms with E-state index in [2.05, 4.69) is 0 Å². The third-order valence-corrected chi connectivity index (χ3v) is 3.71. The van der Waals surface area contributed by atoms with E-state index in [-0.39, 0.29) is 18.9 Å². The van der Waals surface area contributed by atoms with Gasteiger partial charge in [-0.05, 0) is 24.0 Å². The quantitative estimate of drug-likeness (QED) is 0.904. The fourth-order valence-electron chi connectivity index (χ4n) is 2.65. The summed E-state index contributed by atoms with van der Waals surface area (Å²) in [5, 5.41) is 9.07. The van der Waals surface area contributed by atoms with E-state index < -0.39 is 11.9 Å². The molecule has 102 valence electrons. The van der Waals surface area contributed by atoms with E-state index in [1.54, 1.807) is 4.90 Å². The molecule has 0 saturated carbocycles. The number of hydrogen-bond donors (Lipinski definition) is 1. The number of benzene rings is 1. The number of amides is 1. The van der Waals surface area contributed by atoms with Crippen molar-refractivity contribution in [3.63, 3.8) is 0 Å². The van der Waals surface area contributed by atoms with E-state index in [0.29, 0.717) is 0 Å². The predicted molar refractivity (Wildman–Crippen MR) is 73.3 cm³/mol. The second-order valence-corrected chi connectivity index (χ2v) is 4.88. The fourth-order valence-corrected chi connectivity index (χ4v) is 2.65. The molecule has 0 aromatic heterocycles. The first-order valence-corrected chi connectivity index (χ1v) is 6.72. The van der Waals surface area contributed by atoms with E-state index in [1.165, 1.54) is 0 Å². The van der Waals surface area contributed by atoms with Gasteiger partial charge in [-0.15, -0.1) is 0 Å². The molecule has 1 aliphatic rings. The summed E-state index contributed by atoms with van der Waals surface area (Å²) in [6.45, 7) is 4.39. The Bertz CT molecular complexity index is 488. The van der Waals surface area contributed by atoms with Gasteiger partial charge >= 0.3 is 5.97 Å². The maximum atomic E-state index is 12.1. The monoisotopic (exact) mass is 261 g/mol. The first-order valence-electron chi connectivity index (χ1n) is 6.72. The molecule has 4 heteroatoms. The minimum atomic E-state index is -0.886. The highest BCUT2D eigenvalue weighted by Gasteiger charge is 2.36. The lowest BCUT2D eigenvalue weighted by molar-refractivity contribution is -0.141. The number of hydrogen-bond acceptors (Lipinski definition) is 2. The van der Waals surface area contributed by atoms with Crippen LogP contribution in [0.3, 0.4) is 0 Å². The maximum Gasteiger partial charge on any atom is 0.308 e. The highest BCUT2D eigenvalue weighted by Crippen LogP contribution is 2.32. The van der Waals surface area contributed by atoms with Gasteiger partial charge in [0.15, 0.2) is 0 Å². The minimum Gasteiger partial charge on any atom is -0.481 e. The largest absolute Gasteiger partial charge is 0.481 e. The van der Waals surface area contributed by atoms with Crippen molar-refractivity contribution in [3.05, 3.63) is 29.3 Å². The standard InChI is InChI=1S/C15H19NO3/c1-3-10-6-5-7-11(4-2)14(10)16-9-12(15(18)19)8-13(16)17/h5-7,12H,3-4,8-9H2,1-2H3,(H,18,19)/t12-/m1/s1. The van der Waals surface area contributed by atoms with E-state index in [4.69, 9.17) is 5.11 Å². The second-order valence-electron chi connectivity index (χ2n) is 4.88. The molecule has 1 fully saturated rings. The summed E-state index contributed by atoms with van der Waals surface area (Å²) in [5.41, 5.74) is 3.15. The zero-order chi connectivity index (χ0) is 14.0. The molecule has 0 unspecified atom stereocenters. The molecule has 0 aliphatic carbocycles. The number of carboxylic acid groups (broad SMARTS) is 1. The van der Waals surface area contributed by atoms with Crippen molar-refractivity contribution in [1.82, 2.24) is 0 Å². The van der Waals surface area contributed by atoms with Crippen LogP contribution in [0.5, 0.6) is 0 Å². The van der Waals surface area contributed by atoms with Crippen LogP contribution in [0.1, 0.15) is 31.4 Å². The number of carbonyl (C=O) groups is 2. The Kier molecular flexibility index (Phi) is 3.88. The average molecular weight is 261 g/mol. The van der Waals surface area contributed by atoms with Crippen LogP contribution in [0.2, 0.25) is 0 Å². The first kappa shape index (κ1) is 13.6. The van der Waals surface area contributed by atoms with E-state index in [1.807, 2.05) is 32.0 Å². The summed E-state index contributed by atoms with van der Waals surface area (Å²) in [5.74, 6) is -1.55. The third-order valence-electron chi connectivity index (χ3n) is 3.71. The Morgan fingerprint density at radius 1 is 1.32 bits per heavy atom. The zero-order valence-corrected chi connectivity index (χ0v) is 11.3. The number of aryl methyl sites for hydroxylation is 2. The third kappa shape index (κ3) is 2.48. The number of carboxylic acids is 1. The van der Waals surface area contributed by atoms with Crippen molar-refractivity contribution in [1.29, 1.82) is 0 Å². The van der Waals surface area contributed by atoms with Crippen LogP contribution in [0.25, 0.3) is 0 Å². The highest BCUT2D eigenvalue weighted by molar-refractivity contribution is 6.00. The van der Waals surface area contributed by atoms with Crippen LogP contribution in [0.4, 0.5) is 5.69 Å². The number of nitrogens with zero attached hydrogens (tertiary/aromatic N) is 1. The molecular formula is C15H19NO3. The number of aliphatic carboxylic acids is 1. The van der Waals surface area contributed by atoms with Gasteiger partial charge in [0.05, 0.1) is 5.92 Å². The summed E-state index contributed by atoms with van der Waals surface area (Å²) in [6, 6.07) is 6.02. The molecular weight excluding hydrogens is 242 g/mol. The topological polar surface area (TPSA) is 57.6 Å². The molecule has 1 N–H and O–H groups in total. The summed E-state index contributed by atoms with van der Waals surface area (Å²) in [4.78, 5) is 24.8. The van der Waals surface area contributed by atoms with Gasteiger partial charge in [-0.1, -0.05) is 32.0 Å². The molecule has 1 heterocycles. The molecule has 1 amide bonds. The Labute approximate surface area is 113 Å². The minimum absolute atomic E-state index is 0.0806. The van der Waals surface area contributed by atoms with E-state index in [0.717, 1.165) is 29.7 Å². The van der Waals surface area contributed by atoms with Crippen molar-refractivity contribution in [2.75, 3.05) is 11.4 Å². The Balaban J connectivity index is 2.41. The molecule has 4 nitrogen and oxygen atoms in total. The lowest BCUT2D eigenvalue weighted by Gasteiger charge is -2.23. The molecule has 0 radical (unpaired) electrons. The SMILES string of the molecule is CCc1cccc(CC)c1N1C[C@H](C(=O)O)CC1=O. The zero-order valence-electron chi connectivity index (χ0n) is 11.3. The lowest BCUT2D eigenvalue weighted by Crippen LogP contribution is -2.28. The Morgan fingerprint density at radius 2 is 1.89 bits per heavy atom. The number of rotatable bonds is 4. The molecule has 1 saturated heterocycles. The van der Waals surface area contributed by atoms with Gasteiger partial charge in [0, 0.05) is 18.7 Å². The van der Waals surface area contributed by atoms with Crippen LogP contribution in [0, 0.1) is 5.92 Å². The van der Waals surface area contributed by atoms with E-state index >= 15 is 0 Å². The number of para-hydroxylation sites is 1. The van der Waals surface area contributed by atoms with Gasteiger partial charge in [-0.3, -0.25) is 9.59 Å². The average Bonchev–Trinajstić information content (AvgIpc) is 2.79. The van der Waals surface area contributed by atoms with Crippen molar-refractivity contribution in [2.45, 2.75) is 33.1 Å². The molecule has 1 aromatic rings. The molecule has 2 rings (SSSR count).